The van der Waals surface area contributed by atoms with Crippen LogP contribution in [-0.4, -0.2) is 36.1 Å². The van der Waals surface area contributed by atoms with Crippen LogP contribution in [0.5, 0.6) is 0 Å². The van der Waals surface area contributed by atoms with Gasteiger partial charge in [-0.1, -0.05) is 23.7 Å². The Kier molecular flexibility index (Phi) is 3.90. The van der Waals surface area contributed by atoms with E-state index in [0.29, 0.717) is 13.2 Å². The van der Waals surface area contributed by atoms with Crippen molar-refractivity contribution in [1.82, 2.24) is 4.90 Å². The Bertz CT molecular complexity index is 435. The van der Waals surface area contributed by atoms with Crippen LogP contribution in [0.4, 0.5) is 0 Å². The summed E-state index contributed by atoms with van der Waals surface area (Å²) in [6.07, 6.45) is 0. The molecule has 1 aromatic carbocycles. The van der Waals surface area contributed by atoms with Gasteiger partial charge in [0, 0.05) is 24.7 Å². The zero-order valence-corrected chi connectivity index (χ0v) is 11.1. The molecule has 0 spiro atoms. The largest absolute Gasteiger partial charge is 0.367 e. The fourth-order valence-electron chi connectivity index (χ4n) is 2.08. The number of carbonyl (C=O) groups excluding carboxylic acids is 1. The van der Waals surface area contributed by atoms with Crippen molar-refractivity contribution >= 4 is 17.5 Å². The number of hydrogen-bond acceptors (Lipinski definition) is 3. The lowest BCUT2D eigenvalue weighted by Gasteiger charge is -2.38. The van der Waals surface area contributed by atoms with E-state index in [4.69, 9.17) is 22.1 Å². The highest BCUT2D eigenvalue weighted by Crippen LogP contribution is 2.19. The van der Waals surface area contributed by atoms with Crippen LogP contribution in [0.1, 0.15) is 12.5 Å². The number of morpholine rings is 1. The SMILES string of the molecule is C[C@@]1(C(N)=O)CN(Cc2ccc(Cl)cc2)CCO1. The second-order valence-electron chi connectivity index (χ2n) is 4.78. The second kappa shape index (κ2) is 5.26. The molecule has 1 fully saturated rings. The molecule has 1 heterocycles. The zero-order chi connectivity index (χ0) is 13.2. The van der Waals surface area contributed by atoms with Crippen LogP contribution in [0.3, 0.4) is 0 Å². The molecule has 98 valence electrons. The van der Waals surface area contributed by atoms with Crippen molar-refractivity contribution in [3.05, 3.63) is 34.9 Å². The number of nitrogens with two attached hydrogens (primary N) is 1. The van der Waals surface area contributed by atoms with Crippen molar-refractivity contribution in [2.24, 2.45) is 5.73 Å². The van der Waals surface area contributed by atoms with Gasteiger partial charge in [0.25, 0.3) is 5.91 Å². The summed E-state index contributed by atoms with van der Waals surface area (Å²) in [6.45, 7) is 4.34. The highest BCUT2D eigenvalue weighted by atomic mass is 35.5. The van der Waals surface area contributed by atoms with E-state index in [9.17, 15) is 4.79 Å². The molecule has 5 heteroatoms. The molecule has 1 aromatic rings. The summed E-state index contributed by atoms with van der Waals surface area (Å²) in [7, 11) is 0. The molecule has 1 saturated heterocycles. The fourth-order valence-corrected chi connectivity index (χ4v) is 2.21. The molecular formula is C13H17ClN2O2. The highest BCUT2D eigenvalue weighted by Gasteiger charge is 2.37. The number of rotatable bonds is 3. The normalized spacial score (nSPS) is 25.0. The van der Waals surface area contributed by atoms with Crippen molar-refractivity contribution < 1.29 is 9.53 Å². The summed E-state index contributed by atoms with van der Waals surface area (Å²) in [5, 5.41) is 0.725. The quantitative estimate of drug-likeness (QED) is 0.902. The molecule has 0 aromatic heterocycles. The molecule has 0 radical (unpaired) electrons. The van der Waals surface area contributed by atoms with Crippen LogP contribution in [0.2, 0.25) is 5.02 Å². The Hall–Kier alpha value is -1.10. The number of hydrogen-bond donors (Lipinski definition) is 1. The Morgan fingerprint density at radius 1 is 1.50 bits per heavy atom. The first kappa shape index (κ1) is 13.3. The summed E-state index contributed by atoms with van der Waals surface area (Å²) < 4.78 is 5.48. The molecule has 1 aliphatic rings. The van der Waals surface area contributed by atoms with Crippen molar-refractivity contribution in [3.63, 3.8) is 0 Å². The minimum Gasteiger partial charge on any atom is -0.367 e. The summed E-state index contributed by atoms with van der Waals surface area (Å²) in [4.78, 5) is 13.5. The van der Waals surface area contributed by atoms with E-state index >= 15 is 0 Å². The topological polar surface area (TPSA) is 55.6 Å². The summed E-state index contributed by atoms with van der Waals surface area (Å²) in [6, 6.07) is 7.70. The Labute approximate surface area is 112 Å². The minimum absolute atomic E-state index is 0.414. The van der Waals surface area contributed by atoms with Gasteiger partial charge in [-0.15, -0.1) is 0 Å². The van der Waals surface area contributed by atoms with Gasteiger partial charge in [0.1, 0.15) is 0 Å². The van der Waals surface area contributed by atoms with Gasteiger partial charge < -0.3 is 10.5 Å². The van der Waals surface area contributed by atoms with Gasteiger partial charge in [-0.2, -0.15) is 0 Å². The maximum absolute atomic E-state index is 11.4. The lowest BCUT2D eigenvalue weighted by molar-refractivity contribution is -0.153. The smallest absolute Gasteiger partial charge is 0.250 e. The van der Waals surface area contributed by atoms with E-state index < -0.39 is 11.5 Å². The number of ether oxygens (including phenoxy) is 1. The van der Waals surface area contributed by atoms with Gasteiger partial charge in [0.05, 0.1) is 6.61 Å². The van der Waals surface area contributed by atoms with Gasteiger partial charge in [-0.05, 0) is 24.6 Å². The first-order valence-corrected chi connectivity index (χ1v) is 6.28. The molecule has 0 saturated carbocycles. The molecule has 18 heavy (non-hydrogen) atoms. The van der Waals surface area contributed by atoms with Gasteiger partial charge >= 0.3 is 0 Å². The third-order valence-electron chi connectivity index (χ3n) is 3.19. The fraction of sp³-hybridized carbons (Fsp3) is 0.462. The van der Waals surface area contributed by atoms with Gasteiger partial charge in [-0.25, -0.2) is 0 Å². The van der Waals surface area contributed by atoms with Crippen molar-refractivity contribution in [2.75, 3.05) is 19.7 Å². The predicted molar refractivity (Wildman–Crippen MR) is 70.3 cm³/mol. The predicted octanol–water partition coefficient (Wildman–Crippen LogP) is 1.42. The van der Waals surface area contributed by atoms with E-state index in [1.165, 1.54) is 0 Å². The van der Waals surface area contributed by atoms with E-state index in [-0.39, 0.29) is 0 Å². The van der Waals surface area contributed by atoms with E-state index in [1.54, 1.807) is 6.92 Å². The lowest BCUT2D eigenvalue weighted by Crippen LogP contribution is -2.56. The molecule has 1 aliphatic heterocycles. The standard InChI is InChI=1S/C13H17ClN2O2/c1-13(12(15)17)9-16(6-7-18-13)8-10-2-4-11(14)5-3-10/h2-5H,6-9H2,1H3,(H2,15,17)/t13-/m0/s1. The molecule has 2 rings (SSSR count). The molecule has 0 bridgehead atoms. The Morgan fingerprint density at radius 3 is 2.78 bits per heavy atom. The zero-order valence-electron chi connectivity index (χ0n) is 10.4. The van der Waals surface area contributed by atoms with Crippen LogP contribution < -0.4 is 5.73 Å². The summed E-state index contributed by atoms with van der Waals surface area (Å²) >= 11 is 5.85. The van der Waals surface area contributed by atoms with Gasteiger partial charge in [0.2, 0.25) is 0 Å². The second-order valence-corrected chi connectivity index (χ2v) is 5.22. The van der Waals surface area contributed by atoms with Crippen LogP contribution in [0, 0.1) is 0 Å². The highest BCUT2D eigenvalue weighted by molar-refractivity contribution is 6.30. The van der Waals surface area contributed by atoms with Crippen molar-refractivity contribution in [3.8, 4) is 0 Å². The average molecular weight is 269 g/mol. The molecule has 1 amide bonds. The number of primary amides is 1. The minimum atomic E-state index is -0.884. The van der Waals surface area contributed by atoms with E-state index in [0.717, 1.165) is 23.7 Å². The third-order valence-corrected chi connectivity index (χ3v) is 3.45. The Morgan fingerprint density at radius 2 is 2.17 bits per heavy atom. The van der Waals surface area contributed by atoms with Crippen LogP contribution in [0.25, 0.3) is 0 Å². The summed E-state index contributed by atoms with van der Waals surface area (Å²) in [5.41, 5.74) is 5.64. The maximum atomic E-state index is 11.4. The number of benzene rings is 1. The molecular weight excluding hydrogens is 252 g/mol. The van der Waals surface area contributed by atoms with E-state index in [2.05, 4.69) is 4.90 Å². The third kappa shape index (κ3) is 3.02. The van der Waals surface area contributed by atoms with Crippen LogP contribution in [-0.2, 0) is 16.1 Å². The number of amides is 1. The van der Waals surface area contributed by atoms with Crippen molar-refractivity contribution in [1.29, 1.82) is 0 Å². The van der Waals surface area contributed by atoms with Crippen LogP contribution >= 0.6 is 11.6 Å². The number of nitrogens with zero attached hydrogens (tertiary/aromatic N) is 1. The van der Waals surface area contributed by atoms with Crippen LogP contribution in [0.15, 0.2) is 24.3 Å². The molecule has 0 aliphatic carbocycles. The molecule has 2 N–H and O–H groups in total. The van der Waals surface area contributed by atoms with E-state index in [1.807, 2.05) is 24.3 Å². The van der Waals surface area contributed by atoms with Crippen molar-refractivity contribution in [2.45, 2.75) is 19.1 Å². The first-order valence-electron chi connectivity index (χ1n) is 5.90. The lowest BCUT2D eigenvalue weighted by atomic mass is 10.0. The summed E-state index contributed by atoms with van der Waals surface area (Å²) in [5.74, 6) is -0.414. The molecule has 1 atom stereocenters. The number of halogens is 1. The average Bonchev–Trinajstić information content (AvgIpc) is 2.32. The van der Waals surface area contributed by atoms with Gasteiger partial charge in [-0.3, -0.25) is 9.69 Å². The molecule has 0 unspecified atom stereocenters. The monoisotopic (exact) mass is 268 g/mol. The van der Waals surface area contributed by atoms with Gasteiger partial charge in [0.15, 0.2) is 5.60 Å². The molecule has 4 nitrogen and oxygen atoms in total. The first-order chi connectivity index (χ1) is 8.49. The Balaban J connectivity index is 2.02. The number of carbonyl (C=O) groups is 1. The maximum Gasteiger partial charge on any atom is 0.250 e.